The average molecular weight is 288 g/mol. The number of hydrogen-bond acceptors (Lipinski definition) is 2. The molecule has 0 unspecified atom stereocenters. The maximum absolute atomic E-state index is 12.1. The Morgan fingerprint density at radius 1 is 1.10 bits per heavy atom. The van der Waals surface area contributed by atoms with Gasteiger partial charge in [0.05, 0.1) is 0 Å². The summed E-state index contributed by atoms with van der Waals surface area (Å²) in [5, 5.41) is 8.91. The number of allylic oxidation sites excluding steroid dienone is 1. The van der Waals surface area contributed by atoms with Gasteiger partial charge in [-0.05, 0) is 30.7 Å². The normalized spacial score (nSPS) is 12.3. The van der Waals surface area contributed by atoms with E-state index in [1.807, 2.05) is 24.3 Å². The van der Waals surface area contributed by atoms with E-state index >= 15 is 0 Å². The molecule has 0 fully saturated rings. The molecule has 0 heterocycles. The molecule has 114 valence electrons. The smallest absolute Gasteiger partial charge is 0.331 e. The number of carbonyl (C=O) groups is 2. The lowest BCUT2D eigenvalue weighted by atomic mass is 9.86. The van der Waals surface area contributed by atoms with Gasteiger partial charge in [0, 0.05) is 17.6 Å². The molecule has 0 saturated carbocycles. The highest BCUT2D eigenvalue weighted by Gasteiger charge is 2.14. The SMILES string of the molecule is C/C=C(/CCCC(=O)c1ccc(C(C)(C)C)cc1)C(=O)O. The molecule has 0 saturated heterocycles. The van der Waals surface area contributed by atoms with Crippen molar-refractivity contribution in [3.63, 3.8) is 0 Å². The van der Waals surface area contributed by atoms with Gasteiger partial charge < -0.3 is 5.11 Å². The van der Waals surface area contributed by atoms with Gasteiger partial charge >= 0.3 is 5.97 Å². The van der Waals surface area contributed by atoms with Gasteiger partial charge in [-0.25, -0.2) is 4.79 Å². The molecule has 0 aliphatic rings. The predicted molar refractivity (Wildman–Crippen MR) is 84.7 cm³/mol. The Bertz CT molecular complexity index is 531. The first kappa shape index (κ1) is 17.2. The second-order valence-corrected chi connectivity index (χ2v) is 6.22. The van der Waals surface area contributed by atoms with Crippen molar-refractivity contribution in [1.29, 1.82) is 0 Å². The van der Waals surface area contributed by atoms with Crippen LogP contribution in [0.25, 0.3) is 0 Å². The summed E-state index contributed by atoms with van der Waals surface area (Å²) in [6.45, 7) is 8.10. The first-order valence-electron chi connectivity index (χ1n) is 7.28. The number of carbonyl (C=O) groups excluding carboxylic acids is 1. The van der Waals surface area contributed by atoms with Crippen LogP contribution in [0.3, 0.4) is 0 Å². The number of aliphatic carboxylic acids is 1. The Balaban J connectivity index is 2.59. The zero-order valence-electron chi connectivity index (χ0n) is 13.3. The molecule has 1 N–H and O–H groups in total. The number of carboxylic acids is 1. The summed E-state index contributed by atoms with van der Waals surface area (Å²) in [4.78, 5) is 22.9. The van der Waals surface area contributed by atoms with Crippen LogP contribution in [0.4, 0.5) is 0 Å². The summed E-state index contributed by atoms with van der Waals surface area (Å²) in [7, 11) is 0. The molecule has 1 aromatic carbocycles. The number of Topliss-reactive ketones (excluding diaryl/α,β-unsaturated/α-hetero) is 1. The maximum atomic E-state index is 12.1. The maximum Gasteiger partial charge on any atom is 0.331 e. The number of carboxylic acid groups (broad SMARTS) is 1. The van der Waals surface area contributed by atoms with Crippen LogP contribution in [0.15, 0.2) is 35.9 Å². The van der Waals surface area contributed by atoms with Crippen LogP contribution in [-0.4, -0.2) is 16.9 Å². The lowest BCUT2D eigenvalue weighted by molar-refractivity contribution is -0.132. The third-order valence-electron chi connectivity index (χ3n) is 3.55. The van der Waals surface area contributed by atoms with Gasteiger partial charge in [0.25, 0.3) is 0 Å². The van der Waals surface area contributed by atoms with E-state index in [0.29, 0.717) is 30.4 Å². The molecule has 0 atom stereocenters. The standard InChI is InChI=1S/C18H24O3/c1-5-13(17(20)21)7-6-8-16(19)14-9-11-15(12-10-14)18(2,3)4/h5,9-12H,6-8H2,1-4H3,(H,20,21)/b13-5-. The molecule has 0 aliphatic heterocycles. The minimum absolute atomic E-state index is 0.0660. The van der Waals surface area contributed by atoms with Crippen molar-refractivity contribution in [3.8, 4) is 0 Å². The monoisotopic (exact) mass is 288 g/mol. The van der Waals surface area contributed by atoms with Gasteiger partial charge in [-0.15, -0.1) is 0 Å². The molecule has 3 heteroatoms. The van der Waals surface area contributed by atoms with E-state index in [0.717, 1.165) is 0 Å². The van der Waals surface area contributed by atoms with Crippen molar-refractivity contribution >= 4 is 11.8 Å². The summed E-state index contributed by atoms with van der Waals surface area (Å²) in [6, 6.07) is 7.69. The molecule has 0 aliphatic carbocycles. The molecule has 0 bridgehead atoms. The van der Waals surface area contributed by atoms with E-state index in [2.05, 4.69) is 20.8 Å². The van der Waals surface area contributed by atoms with Gasteiger partial charge in [-0.2, -0.15) is 0 Å². The lowest BCUT2D eigenvalue weighted by Crippen LogP contribution is -2.11. The van der Waals surface area contributed by atoms with Gasteiger partial charge in [0.1, 0.15) is 0 Å². The Morgan fingerprint density at radius 2 is 1.67 bits per heavy atom. The molecular weight excluding hydrogens is 264 g/mol. The minimum Gasteiger partial charge on any atom is -0.478 e. The summed E-state index contributed by atoms with van der Waals surface area (Å²) >= 11 is 0. The molecule has 0 amide bonds. The predicted octanol–water partition coefficient (Wildman–Crippen LogP) is 4.37. The number of rotatable bonds is 6. The molecule has 0 radical (unpaired) electrons. The third kappa shape index (κ3) is 5.18. The van der Waals surface area contributed by atoms with Crippen molar-refractivity contribution in [2.24, 2.45) is 0 Å². The Kier molecular flexibility index (Phi) is 5.89. The van der Waals surface area contributed by atoms with Crippen molar-refractivity contribution in [2.75, 3.05) is 0 Å². The second kappa shape index (κ2) is 7.21. The van der Waals surface area contributed by atoms with Crippen LogP contribution in [0.5, 0.6) is 0 Å². The minimum atomic E-state index is -0.903. The van der Waals surface area contributed by atoms with Crippen molar-refractivity contribution in [3.05, 3.63) is 47.0 Å². The lowest BCUT2D eigenvalue weighted by Gasteiger charge is -2.19. The van der Waals surface area contributed by atoms with E-state index in [-0.39, 0.29) is 11.2 Å². The average Bonchev–Trinajstić information content (AvgIpc) is 2.42. The zero-order valence-corrected chi connectivity index (χ0v) is 13.3. The number of hydrogen-bond donors (Lipinski definition) is 1. The highest BCUT2D eigenvalue weighted by Crippen LogP contribution is 2.22. The summed E-state index contributed by atoms with van der Waals surface area (Å²) in [6.07, 6.45) is 2.95. The second-order valence-electron chi connectivity index (χ2n) is 6.22. The topological polar surface area (TPSA) is 54.4 Å². The highest BCUT2D eigenvalue weighted by molar-refractivity contribution is 5.96. The fraction of sp³-hybridized carbons (Fsp3) is 0.444. The Morgan fingerprint density at radius 3 is 2.10 bits per heavy atom. The number of ketones is 1. The molecule has 21 heavy (non-hydrogen) atoms. The largest absolute Gasteiger partial charge is 0.478 e. The summed E-state index contributed by atoms with van der Waals surface area (Å²) in [5.74, 6) is -0.837. The molecule has 1 rings (SSSR count). The zero-order chi connectivity index (χ0) is 16.0. The third-order valence-corrected chi connectivity index (χ3v) is 3.55. The molecule has 0 spiro atoms. The van der Waals surface area contributed by atoms with E-state index in [4.69, 9.17) is 5.11 Å². The first-order valence-corrected chi connectivity index (χ1v) is 7.28. The molecule has 3 nitrogen and oxygen atoms in total. The van der Waals surface area contributed by atoms with E-state index < -0.39 is 5.97 Å². The van der Waals surface area contributed by atoms with Gasteiger partial charge in [-0.1, -0.05) is 51.1 Å². The van der Waals surface area contributed by atoms with Gasteiger partial charge in [0.2, 0.25) is 0 Å². The molecular formula is C18H24O3. The number of benzene rings is 1. The summed E-state index contributed by atoms with van der Waals surface area (Å²) in [5.41, 5.74) is 2.33. The van der Waals surface area contributed by atoms with Crippen LogP contribution >= 0.6 is 0 Å². The van der Waals surface area contributed by atoms with Crippen molar-refractivity contribution in [2.45, 2.75) is 52.4 Å². The van der Waals surface area contributed by atoms with Crippen LogP contribution in [-0.2, 0) is 10.2 Å². The Hall–Kier alpha value is -1.90. The fourth-order valence-electron chi connectivity index (χ4n) is 2.11. The van der Waals surface area contributed by atoms with Crippen LogP contribution in [0.2, 0.25) is 0 Å². The molecule has 0 aromatic heterocycles. The molecule has 1 aromatic rings. The fourth-order valence-corrected chi connectivity index (χ4v) is 2.11. The van der Waals surface area contributed by atoms with E-state index in [1.54, 1.807) is 13.0 Å². The van der Waals surface area contributed by atoms with Crippen LogP contribution in [0.1, 0.15) is 62.9 Å². The van der Waals surface area contributed by atoms with E-state index in [1.165, 1.54) is 5.56 Å². The van der Waals surface area contributed by atoms with Gasteiger partial charge in [-0.3, -0.25) is 4.79 Å². The van der Waals surface area contributed by atoms with Crippen molar-refractivity contribution in [1.82, 2.24) is 0 Å². The van der Waals surface area contributed by atoms with E-state index in [9.17, 15) is 9.59 Å². The van der Waals surface area contributed by atoms with Crippen LogP contribution in [0, 0.1) is 0 Å². The summed E-state index contributed by atoms with van der Waals surface area (Å²) < 4.78 is 0. The van der Waals surface area contributed by atoms with Gasteiger partial charge in [0.15, 0.2) is 5.78 Å². The van der Waals surface area contributed by atoms with Crippen molar-refractivity contribution < 1.29 is 14.7 Å². The highest BCUT2D eigenvalue weighted by atomic mass is 16.4. The first-order chi connectivity index (χ1) is 9.75. The quantitative estimate of drug-likeness (QED) is 0.624. The Labute approximate surface area is 126 Å². The van der Waals surface area contributed by atoms with Crippen LogP contribution < -0.4 is 0 Å².